The lowest BCUT2D eigenvalue weighted by molar-refractivity contribution is -0.143. The van der Waals surface area contributed by atoms with Gasteiger partial charge in [0.15, 0.2) is 23.3 Å². The first-order valence-electron chi connectivity index (χ1n) is 7.25. The first-order chi connectivity index (χ1) is 10.9. The number of esters is 1. The van der Waals surface area contributed by atoms with Crippen LogP contribution in [0.25, 0.3) is 0 Å². The van der Waals surface area contributed by atoms with Gasteiger partial charge < -0.3 is 4.74 Å². The molecule has 4 nitrogen and oxygen atoms in total. The standard InChI is InChI=1S/C16H16F3NO3/c1-3-23-16(22)11(7-20-9-4-5-9)15(21)10-6-12(17)14(19)8(2)13(10)18/h6-7,9,11H,3-5H2,1-2H3. The molecule has 0 heterocycles. The molecule has 1 fully saturated rings. The number of ketones is 1. The average Bonchev–Trinajstić information content (AvgIpc) is 3.33. The Bertz CT molecular complexity index is 669. The number of carbonyl (C=O) groups excluding carboxylic acids is 2. The van der Waals surface area contributed by atoms with Crippen molar-refractivity contribution < 1.29 is 27.5 Å². The fourth-order valence-electron chi connectivity index (χ4n) is 1.98. The zero-order valence-electron chi connectivity index (χ0n) is 12.7. The molecular weight excluding hydrogens is 311 g/mol. The second-order valence-electron chi connectivity index (χ2n) is 5.28. The van der Waals surface area contributed by atoms with E-state index >= 15 is 0 Å². The van der Waals surface area contributed by atoms with Crippen LogP contribution < -0.4 is 0 Å². The van der Waals surface area contributed by atoms with Crippen LogP contribution in [0.3, 0.4) is 0 Å². The van der Waals surface area contributed by atoms with Gasteiger partial charge in [-0.05, 0) is 32.8 Å². The van der Waals surface area contributed by atoms with Crippen molar-refractivity contribution in [2.75, 3.05) is 6.61 Å². The van der Waals surface area contributed by atoms with Crippen molar-refractivity contribution in [1.82, 2.24) is 0 Å². The van der Waals surface area contributed by atoms with Crippen LogP contribution in [0.5, 0.6) is 0 Å². The fraction of sp³-hybridized carbons (Fsp3) is 0.438. The number of Topliss-reactive ketones (excluding diaryl/α,β-unsaturated/α-hetero) is 1. The molecule has 124 valence electrons. The highest BCUT2D eigenvalue weighted by Gasteiger charge is 2.32. The van der Waals surface area contributed by atoms with Gasteiger partial charge in [0.1, 0.15) is 5.82 Å². The molecule has 1 unspecified atom stereocenters. The summed E-state index contributed by atoms with van der Waals surface area (Å²) in [5.74, 6) is -7.29. The third kappa shape index (κ3) is 3.78. The molecule has 0 N–H and O–H groups in total. The van der Waals surface area contributed by atoms with E-state index in [9.17, 15) is 22.8 Å². The van der Waals surface area contributed by atoms with Crippen molar-refractivity contribution in [3.63, 3.8) is 0 Å². The van der Waals surface area contributed by atoms with E-state index in [1.807, 2.05) is 0 Å². The van der Waals surface area contributed by atoms with Gasteiger partial charge in [0.05, 0.1) is 12.2 Å². The number of hydrogen-bond donors (Lipinski definition) is 0. The van der Waals surface area contributed by atoms with Crippen LogP contribution in [-0.4, -0.2) is 30.6 Å². The SMILES string of the molecule is CCOC(=O)C(C=NC1CC1)C(=O)c1cc(F)c(F)c(C)c1F. The zero-order valence-corrected chi connectivity index (χ0v) is 12.7. The largest absolute Gasteiger partial charge is 0.465 e. The van der Waals surface area contributed by atoms with Gasteiger partial charge >= 0.3 is 5.97 Å². The molecule has 1 aromatic carbocycles. The van der Waals surface area contributed by atoms with Crippen molar-refractivity contribution in [2.24, 2.45) is 10.9 Å². The van der Waals surface area contributed by atoms with E-state index < -0.39 is 46.2 Å². The molecule has 0 spiro atoms. The monoisotopic (exact) mass is 327 g/mol. The lowest BCUT2D eigenvalue weighted by Crippen LogP contribution is -2.29. The topological polar surface area (TPSA) is 55.7 Å². The quantitative estimate of drug-likeness (QED) is 0.265. The summed E-state index contributed by atoms with van der Waals surface area (Å²) in [4.78, 5) is 28.4. The van der Waals surface area contributed by atoms with Gasteiger partial charge in [-0.3, -0.25) is 14.6 Å². The third-order valence-electron chi connectivity index (χ3n) is 3.46. The maximum absolute atomic E-state index is 14.1. The lowest BCUT2D eigenvalue weighted by atomic mass is 9.96. The lowest BCUT2D eigenvalue weighted by Gasteiger charge is -2.12. The van der Waals surface area contributed by atoms with Gasteiger partial charge in [-0.15, -0.1) is 0 Å². The Hall–Kier alpha value is -2.18. The summed E-state index contributed by atoms with van der Waals surface area (Å²) in [5, 5.41) is 0. The zero-order chi connectivity index (χ0) is 17.1. The van der Waals surface area contributed by atoms with E-state index in [-0.39, 0.29) is 12.6 Å². The molecule has 1 aromatic rings. The minimum absolute atomic E-state index is 0.0270. The first kappa shape index (κ1) is 17.2. The van der Waals surface area contributed by atoms with Crippen molar-refractivity contribution >= 4 is 18.0 Å². The van der Waals surface area contributed by atoms with E-state index in [4.69, 9.17) is 4.74 Å². The molecule has 1 aliphatic rings. The van der Waals surface area contributed by atoms with E-state index in [0.29, 0.717) is 6.07 Å². The average molecular weight is 327 g/mol. The van der Waals surface area contributed by atoms with Crippen molar-refractivity contribution in [3.8, 4) is 0 Å². The van der Waals surface area contributed by atoms with Crippen molar-refractivity contribution in [3.05, 3.63) is 34.6 Å². The molecule has 0 aliphatic heterocycles. The van der Waals surface area contributed by atoms with E-state index in [0.717, 1.165) is 26.0 Å². The molecule has 1 atom stereocenters. The summed E-state index contributed by atoms with van der Waals surface area (Å²) >= 11 is 0. The highest BCUT2D eigenvalue weighted by Crippen LogP contribution is 2.25. The summed E-state index contributed by atoms with van der Waals surface area (Å²) in [6.45, 7) is 2.60. The summed E-state index contributed by atoms with van der Waals surface area (Å²) in [7, 11) is 0. The van der Waals surface area contributed by atoms with Gasteiger partial charge in [-0.2, -0.15) is 0 Å². The Kier molecular flexibility index (Phi) is 5.18. The summed E-state index contributed by atoms with van der Waals surface area (Å²) in [6.07, 6.45) is 2.80. The summed E-state index contributed by atoms with van der Waals surface area (Å²) in [6, 6.07) is 0.494. The van der Waals surface area contributed by atoms with Crippen LogP contribution in [0.1, 0.15) is 35.7 Å². The number of benzene rings is 1. The van der Waals surface area contributed by atoms with Crippen LogP contribution in [-0.2, 0) is 9.53 Å². The van der Waals surface area contributed by atoms with Crippen LogP contribution >= 0.6 is 0 Å². The normalized spacial score (nSPS) is 15.7. The molecular formula is C16H16F3NO3. The minimum Gasteiger partial charge on any atom is -0.465 e. The Labute approximate surface area is 131 Å². The van der Waals surface area contributed by atoms with E-state index in [1.54, 1.807) is 6.92 Å². The van der Waals surface area contributed by atoms with Gasteiger partial charge in [-0.1, -0.05) is 0 Å². The van der Waals surface area contributed by atoms with Gasteiger partial charge in [-0.25, -0.2) is 13.2 Å². The highest BCUT2D eigenvalue weighted by molar-refractivity contribution is 6.18. The number of ether oxygens (including phenoxy) is 1. The molecule has 0 aromatic heterocycles. The Morgan fingerprint density at radius 2 is 2.00 bits per heavy atom. The summed E-state index contributed by atoms with van der Waals surface area (Å²) < 4.78 is 45.7. The number of hydrogen-bond acceptors (Lipinski definition) is 4. The molecule has 0 radical (unpaired) electrons. The second-order valence-corrected chi connectivity index (χ2v) is 5.28. The van der Waals surface area contributed by atoms with E-state index in [2.05, 4.69) is 4.99 Å². The first-order valence-corrected chi connectivity index (χ1v) is 7.25. The maximum atomic E-state index is 14.1. The fourth-order valence-corrected chi connectivity index (χ4v) is 1.98. The number of halogens is 3. The molecule has 0 amide bonds. The van der Waals surface area contributed by atoms with Gasteiger partial charge in [0.2, 0.25) is 0 Å². The molecule has 23 heavy (non-hydrogen) atoms. The predicted molar refractivity (Wildman–Crippen MR) is 77.0 cm³/mol. The molecule has 1 saturated carbocycles. The van der Waals surface area contributed by atoms with Gasteiger partial charge in [0.25, 0.3) is 0 Å². The van der Waals surface area contributed by atoms with Crippen LogP contribution in [0.15, 0.2) is 11.1 Å². The Morgan fingerprint density at radius 3 is 2.57 bits per heavy atom. The van der Waals surface area contributed by atoms with Crippen LogP contribution in [0.4, 0.5) is 13.2 Å². The Balaban J connectivity index is 2.38. The third-order valence-corrected chi connectivity index (χ3v) is 3.46. The number of aliphatic imine (C=N–C) groups is 1. The number of nitrogens with zero attached hydrogens (tertiary/aromatic N) is 1. The van der Waals surface area contributed by atoms with Crippen molar-refractivity contribution in [2.45, 2.75) is 32.7 Å². The molecule has 2 rings (SSSR count). The molecule has 1 aliphatic carbocycles. The maximum Gasteiger partial charge on any atom is 0.322 e. The predicted octanol–water partition coefficient (Wildman–Crippen LogP) is 3.01. The molecule has 0 bridgehead atoms. The van der Waals surface area contributed by atoms with Crippen LogP contribution in [0.2, 0.25) is 0 Å². The Morgan fingerprint density at radius 1 is 1.35 bits per heavy atom. The number of rotatable bonds is 6. The van der Waals surface area contributed by atoms with Gasteiger partial charge in [0, 0.05) is 17.8 Å². The number of carbonyl (C=O) groups is 2. The molecule has 0 saturated heterocycles. The molecule has 7 heteroatoms. The van der Waals surface area contributed by atoms with E-state index in [1.165, 1.54) is 0 Å². The van der Waals surface area contributed by atoms with Crippen LogP contribution in [0, 0.1) is 30.3 Å². The summed E-state index contributed by atoms with van der Waals surface area (Å²) in [5.41, 5.74) is -1.31. The minimum atomic E-state index is -1.48. The smallest absolute Gasteiger partial charge is 0.322 e. The second kappa shape index (κ2) is 6.93. The van der Waals surface area contributed by atoms with Crippen molar-refractivity contribution in [1.29, 1.82) is 0 Å². The highest BCUT2D eigenvalue weighted by atomic mass is 19.2.